The quantitative estimate of drug-likeness (QED) is 0.510. The van der Waals surface area contributed by atoms with Crippen molar-refractivity contribution in [3.05, 3.63) is 95.1 Å². The van der Waals surface area contributed by atoms with Gasteiger partial charge in [0.05, 0.1) is 0 Å². The van der Waals surface area contributed by atoms with Crippen LogP contribution in [0.15, 0.2) is 66.7 Å². The number of rotatable bonds is 6. The van der Waals surface area contributed by atoms with E-state index in [1.54, 1.807) is 12.1 Å². The minimum absolute atomic E-state index is 0.0753. The molecule has 0 saturated carbocycles. The highest BCUT2D eigenvalue weighted by Gasteiger charge is 2.19. The van der Waals surface area contributed by atoms with Gasteiger partial charge < -0.3 is 10.1 Å². The molecule has 3 aromatic rings. The molecule has 0 saturated heterocycles. The SMILES string of the molecule is O=C(NC(=O)c1c(F)cccc1F)Nc1ccc(OCc2ccc(C(F)F)cc2)cc1. The summed E-state index contributed by atoms with van der Waals surface area (Å²) in [6.07, 6.45) is -2.53. The monoisotopic (exact) mass is 432 g/mol. The van der Waals surface area contributed by atoms with Crippen LogP contribution in [0.5, 0.6) is 5.75 Å². The number of urea groups is 1. The van der Waals surface area contributed by atoms with E-state index in [0.717, 1.165) is 18.2 Å². The number of anilines is 1. The summed E-state index contributed by atoms with van der Waals surface area (Å²) in [5.74, 6) is -2.94. The van der Waals surface area contributed by atoms with Crippen LogP contribution in [0.1, 0.15) is 27.9 Å². The maximum atomic E-state index is 13.6. The molecule has 0 unspecified atom stereocenters. The molecule has 3 amide bonds. The average Bonchev–Trinajstić information content (AvgIpc) is 2.73. The van der Waals surface area contributed by atoms with Crippen LogP contribution in [0.4, 0.5) is 28.0 Å². The van der Waals surface area contributed by atoms with E-state index in [-0.39, 0.29) is 12.2 Å². The molecule has 31 heavy (non-hydrogen) atoms. The number of carbonyl (C=O) groups is 2. The third kappa shape index (κ3) is 5.81. The van der Waals surface area contributed by atoms with Crippen molar-refractivity contribution < 1.29 is 31.9 Å². The standard InChI is InChI=1S/C22H16F4N2O3/c23-17-2-1-3-18(24)19(17)21(29)28-22(30)27-15-8-10-16(11-9-15)31-12-13-4-6-14(7-5-13)20(25)26/h1-11,20H,12H2,(H2,27,28,29,30). The van der Waals surface area contributed by atoms with Crippen molar-refractivity contribution in [3.8, 4) is 5.75 Å². The highest BCUT2D eigenvalue weighted by atomic mass is 19.3. The first-order chi connectivity index (χ1) is 14.8. The van der Waals surface area contributed by atoms with Crippen molar-refractivity contribution in [2.45, 2.75) is 13.0 Å². The van der Waals surface area contributed by atoms with Crippen molar-refractivity contribution in [1.82, 2.24) is 5.32 Å². The number of nitrogens with one attached hydrogen (secondary N) is 2. The Morgan fingerprint density at radius 2 is 1.48 bits per heavy atom. The van der Waals surface area contributed by atoms with Crippen LogP contribution < -0.4 is 15.4 Å². The molecule has 0 atom stereocenters. The Labute approximate surface area is 174 Å². The molecule has 9 heteroatoms. The highest BCUT2D eigenvalue weighted by molar-refractivity contribution is 6.08. The first kappa shape index (κ1) is 21.8. The van der Waals surface area contributed by atoms with Crippen molar-refractivity contribution >= 4 is 17.6 Å². The number of amides is 3. The smallest absolute Gasteiger partial charge is 0.326 e. The summed E-state index contributed by atoms with van der Waals surface area (Å²) in [6.45, 7) is 0.152. The molecule has 0 aromatic heterocycles. The first-order valence-electron chi connectivity index (χ1n) is 8.99. The second-order valence-corrected chi connectivity index (χ2v) is 6.36. The number of benzene rings is 3. The van der Waals surface area contributed by atoms with Gasteiger partial charge in [0.1, 0.15) is 29.6 Å². The van der Waals surface area contributed by atoms with Gasteiger partial charge in [-0.3, -0.25) is 10.1 Å². The van der Waals surface area contributed by atoms with Gasteiger partial charge in [0.2, 0.25) is 0 Å². The maximum absolute atomic E-state index is 13.6. The van der Waals surface area contributed by atoms with Gasteiger partial charge in [-0.2, -0.15) is 0 Å². The van der Waals surface area contributed by atoms with Gasteiger partial charge in [-0.25, -0.2) is 22.4 Å². The number of hydrogen-bond donors (Lipinski definition) is 2. The molecule has 0 heterocycles. The van der Waals surface area contributed by atoms with Gasteiger partial charge in [-0.1, -0.05) is 30.3 Å². The lowest BCUT2D eigenvalue weighted by atomic mass is 10.1. The molecule has 0 aliphatic heterocycles. The lowest BCUT2D eigenvalue weighted by molar-refractivity contribution is 0.0959. The fraction of sp³-hybridized carbons (Fsp3) is 0.0909. The van der Waals surface area contributed by atoms with Crippen LogP contribution in [0, 0.1) is 11.6 Å². The molecule has 0 fully saturated rings. The predicted octanol–water partition coefficient (Wildman–Crippen LogP) is 5.44. The summed E-state index contributed by atoms with van der Waals surface area (Å²) in [6, 6.07) is 13.7. The molecule has 2 N–H and O–H groups in total. The lowest BCUT2D eigenvalue weighted by Crippen LogP contribution is -2.35. The average molecular weight is 432 g/mol. The van der Waals surface area contributed by atoms with Crippen LogP contribution in [0.2, 0.25) is 0 Å². The zero-order valence-electron chi connectivity index (χ0n) is 15.9. The Morgan fingerprint density at radius 1 is 0.871 bits per heavy atom. The molecule has 0 aliphatic rings. The number of carbonyl (C=O) groups excluding carboxylic acids is 2. The lowest BCUT2D eigenvalue weighted by Gasteiger charge is -2.10. The van der Waals surface area contributed by atoms with E-state index in [1.807, 2.05) is 5.32 Å². The minimum Gasteiger partial charge on any atom is -0.489 e. The fourth-order valence-electron chi connectivity index (χ4n) is 2.60. The third-order valence-electron chi connectivity index (χ3n) is 4.17. The second kappa shape index (κ2) is 9.75. The van der Waals surface area contributed by atoms with E-state index >= 15 is 0 Å². The van der Waals surface area contributed by atoms with Crippen molar-refractivity contribution in [2.75, 3.05) is 5.32 Å². The van der Waals surface area contributed by atoms with Crippen molar-refractivity contribution in [2.24, 2.45) is 0 Å². The molecule has 0 spiro atoms. The van der Waals surface area contributed by atoms with E-state index in [0.29, 0.717) is 17.0 Å². The zero-order chi connectivity index (χ0) is 22.4. The molecule has 5 nitrogen and oxygen atoms in total. The normalized spacial score (nSPS) is 10.6. The summed E-state index contributed by atoms with van der Waals surface area (Å²) in [5, 5.41) is 4.20. The third-order valence-corrected chi connectivity index (χ3v) is 4.17. The van der Waals surface area contributed by atoms with Gasteiger partial charge in [0.15, 0.2) is 0 Å². The Kier molecular flexibility index (Phi) is 6.86. The molecule has 0 radical (unpaired) electrons. The van der Waals surface area contributed by atoms with E-state index in [2.05, 4.69) is 5.32 Å². The van der Waals surface area contributed by atoms with Crippen LogP contribution in [0.25, 0.3) is 0 Å². The number of alkyl halides is 2. The summed E-state index contributed by atoms with van der Waals surface area (Å²) in [5.41, 5.74) is 0.0643. The van der Waals surface area contributed by atoms with Gasteiger partial charge in [-0.15, -0.1) is 0 Å². The van der Waals surface area contributed by atoms with Gasteiger partial charge in [0.25, 0.3) is 12.3 Å². The van der Waals surface area contributed by atoms with Gasteiger partial charge >= 0.3 is 6.03 Å². The number of ether oxygens (including phenoxy) is 1. The zero-order valence-corrected chi connectivity index (χ0v) is 15.9. The fourth-order valence-corrected chi connectivity index (χ4v) is 2.60. The Balaban J connectivity index is 1.53. The topological polar surface area (TPSA) is 67.4 Å². The van der Waals surface area contributed by atoms with Crippen molar-refractivity contribution in [1.29, 1.82) is 0 Å². The second-order valence-electron chi connectivity index (χ2n) is 6.36. The van der Waals surface area contributed by atoms with E-state index in [9.17, 15) is 27.2 Å². The Bertz CT molecular complexity index is 1050. The predicted molar refractivity (Wildman–Crippen MR) is 105 cm³/mol. The van der Waals surface area contributed by atoms with Gasteiger partial charge in [-0.05, 0) is 42.0 Å². The number of imide groups is 1. The number of hydrogen-bond acceptors (Lipinski definition) is 3. The summed E-state index contributed by atoms with van der Waals surface area (Å²) < 4.78 is 57.8. The summed E-state index contributed by atoms with van der Waals surface area (Å²) in [7, 11) is 0. The Hall–Kier alpha value is -3.88. The molecule has 3 aromatic carbocycles. The molecule has 0 bridgehead atoms. The maximum Gasteiger partial charge on any atom is 0.326 e. The van der Waals surface area contributed by atoms with E-state index in [4.69, 9.17) is 4.74 Å². The highest BCUT2D eigenvalue weighted by Crippen LogP contribution is 2.20. The first-order valence-corrected chi connectivity index (χ1v) is 8.99. The van der Waals surface area contributed by atoms with E-state index < -0.39 is 35.6 Å². The summed E-state index contributed by atoms with van der Waals surface area (Å²) in [4.78, 5) is 23.8. The Morgan fingerprint density at radius 3 is 2.06 bits per heavy atom. The van der Waals surface area contributed by atoms with Crippen LogP contribution in [-0.4, -0.2) is 11.9 Å². The van der Waals surface area contributed by atoms with Gasteiger partial charge in [0, 0.05) is 11.3 Å². The molecular weight excluding hydrogens is 416 g/mol. The molecule has 160 valence electrons. The van der Waals surface area contributed by atoms with Crippen LogP contribution in [0.3, 0.4) is 0 Å². The van der Waals surface area contributed by atoms with Crippen LogP contribution >= 0.6 is 0 Å². The minimum atomic E-state index is -2.53. The van der Waals surface area contributed by atoms with Crippen LogP contribution in [-0.2, 0) is 6.61 Å². The summed E-state index contributed by atoms with van der Waals surface area (Å²) >= 11 is 0. The van der Waals surface area contributed by atoms with E-state index in [1.165, 1.54) is 36.4 Å². The molecular formula is C22H16F4N2O3. The largest absolute Gasteiger partial charge is 0.489 e. The molecule has 3 rings (SSSR count). The van der Waals surface area contributed by atoms with Crippen molar-refractivity contribution in [3.63, 3.8) is 0 Å². The molecule has 0 aliphatic carbocycles. The number of halogens is 4.